The molecule has 17 heavy (non-hydrogen) atoms. The molecule has 0 aliphatic rings. The third kappa shape index (κ3) is 3.84. The summed E-state index contributed by atoms with van der Waals surface area (Å²) in [5.74, 6) is -2.05. The van der Waals surface area contributed by atoms with Gasteiger partial charge in [-0.15, -0.1) is 0 Å². The zero-order valence-electron chi connectivity index (χ0n) is 9.27. The zero-order chi connectivity index (χ0) is 12.8. The number of carbonyl (C=O) groups is 2. The summed E-state index contributed by atoms with van der Waals surface area (Å²) in [4.78, 5) is 22.6. The molecule has 0 aliphatic carbocycles. The topological polar surface area (TPSA) is 81.4 Å². The van der Waals surface area contributed by atoms with Gasteiger partial charge in [0, 0.05) is 5.69 Å². The molecule has 92 valence electrons. The number of halogens is 1. The fourth-order valence-corrected chi connectivity index (χ4v) is 1.13. The third-order valence-electron chi connectivity index (χ3n) is 1.92. The van der Waals surface area contributed by atoms with E-state index in [0.29, 0.717) is 0 Å². The van der Waals surface area contributed by atoms with Crippen LogP contribution >= 0.6 is 0 Å². The molecule has 0 bridgehead atoms. The molecule has 0 aromatic heterocycles. The predicted molar refractivity (Wildman–Crippen MR) is 59.6 cm³/mol. The average molecular weight is 240 g/mol. The minimum absolute atomic E-state index is 0.139. The monoisotopic (exact) mass is 240 g/mol. The van der Waals surface area contributed by atoms with Gasteiger partial charge >= 0.3 is 5.97 Å². The number of esters is 1. The molecule has 0 spiro atoms. The van der Waals surface area contributed by atoms with Crippen LogP contribution in [0, 0.1) is 5.82 Å². The standard InChI is InChI=1S/C11H13FN2O3/c1-2-17-11(16)9(13)10(15)14-8-5-3-4-7(12)6-8/h3-6,9H,2,13H2,1H3,(H,14,15). The van der Waals surface area contributed by atoms with Crippen molar-refractivity contribution >= 4 is 17.6 Å². The molecule has 6 heteroatoms. The van der Waals surface area contributed by atoms with Crippen LogP contribution in [0.1, 0.15) is 6.92 Å². The molecule has 0 fully saturated rings. The van der Waals surface area contributed by atoms with Crippen molar-refractivity contribution in [2.75, 3.05) is 11.9 Å². The molecule has 0 heterocycles. The summed E-state index contributed by atoms with van der Waals surface area (Å²) < 4.78 is 17.4. The van der Waals surface area contributed by atoms with Gasteiger partial charge in [-0.3, -0.25) is 4.79 Å². The number of nitrogens with two attached hydrogens (primary N) is 1. The Bertz CT molecular complexity index is 423. The van der Waals surface area contributed by atoms with Crippen molar-refractivity contribution < 1.29 is 18.7 Å². The fraction of sp³-hybridized carbons (Fsp3) is 0.273. The number of anilines is 1. The van der Waals surface area contributed by atoms with E-state index in [2.05, 4.69) is 10.1 Å². The Labute approximate surface area is 97.7 Å². The number of hydrogen-bond acceptors (Lipinski definition) is 4. The molecule has 1 aromatic rings. The van der Waals surface area contributed by atoms with Gasteiger partial charge in [0.15, 0.2) is 6.04 Å². The summed E-state index contributed by atoms with van der Waals surface area (Å²) >= 11 is 0. The Morgan fingerprint density at radius 1 is 1.53 bits per heavy atom. The smallest absolute Gasteiger partial charge is 0.332 e. The Hall–Kier alpha value is -1.95. The molecule has 1 aromatic carbocycles. The maximum absolute atomic E-state index is 12.8. The normalized spacial score (nSPS) is 11.7. The second kappa shape index (κ2) is 5.95. The van der Waals surface area contributed by atoms with Gasteiger partial charge in [0.2, 0.25) is 0 Å². The lowest BCUT2D eigenvalue weighted by Crippen LogP contribution is -2.43. The van der Waals surface area contributed by atoms with Crippen molar-refractivity contribution in [3.63, 3.8) is 0 Å². The quantitative estimate of drug-likeness (QED) is 0.598. The Morgan fingerprint density at radius 3 is 2.82 bits per heavy atom. The van der Waals surface area contributed by atoms with Crippen LogP contribution in [0.2, 0.25) is 0 Å². The van der Waals surface area contributed by atoms with Crippen LogP contribution in [0.4, 0.5) is 10.1 Å². The maximum atomic E-state index is 12.8. The lowest BCUT2D eigenvalue weighted by molar-refractivity contribution is -0.146. The Kier molecular flexibility index (Phi) is 4.59. The van der Waals surface area contributed by atoms with Crippen LogP contribution in [-0.4, -0.2) is 24.5 Å². The highest BCUT2D eigenvalue weighted by molar-refractivity contribution is 6.08. The number of amides is 1. The lowest BCUT2D eigenvalue weighted by atomic mass is 10.2. The molecule has 1 rings (SSSR count). The molecular weight excluding hydrogens is 227 g/mol. The zero-order valence-corrected chi connectivity index (χ0v) is 9.27. The van der Waals surface area contributed by atoms with Gasteiger partial charge < -0.3 is 15.8 Å². The third-order valence-corrected chi connectivity index (χ3v) is 1.92. The predicted octanol–water partition coefficient (Wildman–Crippen LogP) is 0.655. The van der Waals surface area contributed by atoms with Crippen LogP contribution in [0.15, 0.2) is 24.3 Å². The van der Waals surface area contributed by atoms with E-state index in [4.69, 9.17) is 5.73 Å². The van der Waals surface area contributed by atoms with Crippen LogP contribution in [-0.2, 0) is 14.3 Å². The lowest BCUT2D eigenvalue weighted by Gasteiger charge is -2.11. The van der Waals surface area contributed by atoms with Crippen molar-refractivity contribution in [3.8, 4) is 0 Å². The van der Waals surface area contributed by atoms with E-state index < -0.39 is 23.7 Å². The van der Waals surface area contributed by atoms with E-state index in [9.17, 15) is 14.0 Å². The van der Waals surface area contributed by atoms with Gasteiger partial charge in [-0.1, -0.05) is 6.07 Å². The first-order chi connectivity index (χ1) is 8.04. The number of ether oxygens (including phenoxy) is 1. The van der Waals surface area contributed by atoms with E-state index >= 15 is 0 Å². The molecule has 3 N–H and O–H groups in total. The molecular formula is C11H13FN2O3. The molecule has 1 unspecified atom stereocenters. The Balaban J connectivity index is 2.63. The number of benzene rings is 1. The van der Waals surface area contributed by atoms with Gasteiger partial charge in [-0.05, 0) is 25.1 Å². The van der Waals surface area contributed by atoms with Gasteiger partial charge in [0.05, 0.1) is 6.61 Å². The van der Waals surface area contributed by atoms with Gasteiger partial charge in [0.25, 0.3) is 5.91 Å². The largest absolute Gasteiger partial charge is 0.464 e. The summed E-state index contributed by atoms with van der Waals surface area (Å²) in [6.07, 6.45) is 0. The van der Waals surface area contributed by atoms with Crippen molar-refractivity contribution in [1.82, 2.24) is 0 Å². The maximum Gasteiger partial charge on any atom is 0.332 e. The highest BCUT2D eigenvalue weighted by Crippen LogP contribution is 2.09. The summed E-state index contributed by atoms with van der Waals surface area (Å²) in [6, 6.07) is 3.86. The summed E-state index contributed by atoms with van der Waals surface area (Å²) in [5, 5.41) is 2.32. The van der Waals surface area contributed by atoms with E-state index in [1.807, 2.05) is 0 Å². The van der Waals surface area contributed by atoms with Gasteiger partial charge in [0.1, 0.15) is 5.82 Å². The SMILES string of the molecule is CCOC(=O)C(N)C(=O)Nc1cccc(F)c1. The number of hydrogen-bond donors (Lipinski definition) is 2. The second-order valence-corrected chi connectivity index (χ2v) is 3.23. The van der Waals surface area contributed by atoms with E-state index in [0.717, 1.165) is 6.07 Å². The first kappa shape index (κ1) is 13.1. The summed E-state index contributed by atoms with van der Waals surface area (Å²) in [6.45, 7) is 1.74. The molecule has 0 aliphatic heterocycles. The van der Waals surface area contributed by atoms with E-state index in [1.165, 1.54) is 18.2 Å². The van der Waals surface area contributed by atoms with E-state index in [1.54, 1.807) is 6.92 Å². The molecule has 0 saturated carbocycles. The number of nitrogens with one attached hydrogen (secondary N) is 1. The van der Waals surface area contributed by atoms with Crippen LogP contribution in [0.25, 0.3) is 0 Å². The van der Waals surface area contributed by atoms with Crippen molar-refractivity contribution in [3.05, 3.63) is 30.1 Å². The molecule has 0 saturated heterocycles. The van der Waals surface area contributed by atoms with Gasteiger partial charge in [-0.25, -0.2) is 9.18 Å². The summed E-state index contributed by atoms with van der Waals surface area (Å²) in [7, 11) is 0. The van der Waals surface area contributed by atoms with Crippen molar-refractivity contribution in [1.29, 1.82) is 0 Å². The van der Waals surface area contributed by atoms with Crippen LogP contribution in [0.3, 0.4) is 0 Å². The molecule has 5 nitrogen and oxygen atoms in total. The van der Waals surface area contributed by atoms with Crippen LogP contribution < -0.4 is 11.1 Å². The highest BCUT2D eigenvalue weighted by atomic mass is 19.1. The van der Waals surface area contributed by atoms with Crippen molar-refractivity contribution in [2.45, 2.75) is 13.0 Å². The average Bonchev–Trinajstić information content (AvgIpc) is 2.28. The number of rotatable bonds is 4. The molecule has 1 amide bonds. The molecule has 0 radical (unpaired) electrons. The minimum Gasteiger partial charge on any atom is -0.464 e. The van der Waals surface area contributed by atoms with E-state index in [-0.39, 0.29) is 12.3 Å². The minimum atomic E-state index is -1.42. The summed E-state index contributed by atoms with van der Waals surface area (Å²) in [5.41, 5.74) is 5.58. The van der Waals surface area contributed by atoms with Crippen LogP contribution in [0.5, 0.6) is 0 Å². The second-order valence-electron chi connectivity index (χ2n) is 3.23. The van der Waals surface area contributed by atoms with Crippen molar-refractivity contribution in [2.24, 2.45) is 5.73 Å². The first-order valence-electron chi connectivity index (χ1n) is 5.03. The fourth-order valence-electron chi connectivity index (χ4n) is 1.13. The molecule has 1 atom stereocenters. The van der Waals surface area contributed by atoms with Gasteiger partial charge in [-0.2, -0.15) is 0 Å². The number of carbonyl (C=O) groups excluding carboxylic acids is 2. The Morgan fingerprint density at radius 2 is 2.24 bits per heavy atom. The highest BCUT2D eigenvalue weighted by Gasteiger charge is 2.23. The first-order valence-corrected chi connectivity index (χ1v) is 5.03.